The maximum absolute atomic E-state index is 6.14. The van der Waals surface area contributed by atoms with Gasteiger partial charge in [-0.15, -0.1) is 0 Å². The summed E-state index contributed by atoms with van der Waals surface area (Å²) in [4.78, 5) is 0. The summed E-state index contributed by atoms with van der Waals surface area (Å²) in [6.07, 6.45) is 11.3. The van der Waals surface area contributed by atoms with Gasteiger partial charge in [0.1, 0.15) is 0 Å². The fourth-order valence-electron chi connectivity index (χ4n) is 3.61. The average Bonchev–Trinajstić information content (AvgIpc) is 2.84. The second kappa shape index (κ2) is 6.75. The third kappa shape index (κ3) is 3.69. The molecule has 2 N–H and O–H groups in total. The smallest absolute Gasteiger partial charge is 0.0575 e. The normalized spacial score (nSPS) is 38.5. The van der Waals surface area contributed by atoms with Crippen LogP contribution >= 0.6 is 0 Å². The lowest BCUT2D eigenvalue weighted by Crippen LogP contribution is -2.27. The van der Waals surface area contributed by atoms with Crippen molar-refractivity contribution in [3.8, 4) is 0 Å². The molecular weight excluding hydrogens is 210 g/mol. The van der Waals surface area contributed by atoms with Gasteiger partial charge in [-0.1, -0.05) is 19.8 Å². The summed E-state index contributed by atoms with van der Waals surface area (Å²) in [6.45, 7) is 4.15. The van der Waals surface area contributed by atoms with Gasteiger partial charge >= 0.3 is 0 Å². The summed E-state index contributed by atoms with van der Waals surface area (Å²) in [7, 11) is 0. The molecule has 0 aromatic carbocycles. The highest BCUT2D eigenvalue weighted by Crippen LogP contribution is 2.33. The van der Waals surface area contributed by atoms with Gasteiger partial charge in [-0.05, 0) is 62.8 Å². The van der Waals surface area contributed by atoms with Crippen LogP contribution in [-0.4, -0.2) is 19.3 Å². The van der Waals surface area contributed by atoms with Gasteiger partial charge in [-0.3, -0.25) is 0 Å². The minimum Gasteiger partial charge on any atom is -0.378 e. The highest BCUT2D eigenvalue weighted by Gasteiger charge is 2.28. The summed E-state index contributed by atoms with van der Waals surface area (Å²) >= 11 is 0. The molecule has 0 amide bonds. The van der Waals surface area contributed by atoms with Gasteiger partial charge in [0.05, 0.1) is 12.7 Å². The van der Waals surface area contributed by atoms with E-state index in [-0.39, 0.29) is 0 Å². The molecule has 0 bridgehead atoms. The van der Waals surface area contributed by atoms with Gasteiger partial charge in [0, 0.05) is 0 Å². The van der Waals surface area contributed by atoms with Crippen LogP contribution in [0.1, 0.15) is 58.3 Å². The molecule has 100 valence electrons. The van der Waals surface area contributed by atoms with E-state index in [9.17, 15) is 0 Å². The fourth-order valence-corrected chi connectivity index (χ4v) is 3.61. The Morgan fingerprint density at radius 1 is 1.00 bits per heavy atom. The lowest BCUT2D eigenvalue weighted by molar-refractivity contribution is -0.00677. The van der Waals surface area contributed by atoms with E-state index in [1.165, 1.54) is 51.4 Å². The predicted octanol–water partition coefficient (Wildman–Crippen LogP) is 3.35. The molecule has 17 heavy (non-hydrogen) atoms. The first-order valence-corrected chi connectivity index (χ1v) is 7.65. The zero-order valence-corrected chi connectivity index (χ0v) is 11.4. The first kappa shape index (κ1) is 13.4. The quantitative estimate of drug-likeness (QED) is 0.798. The van der Waals surface area contributed by atoms with E-state index < -0.39 is 0 Å². The van der Waals surface area contributed by atoms with Crippen LogP contribution < -0.4 is 5.73 Å². The maximum Gasteiger partial charge on any atom is 0.0575 e. The lowest BCUT2D eigenvalue weighted by atomic mass is 9.86. The molecule has 2 aliphatic rings. The summed E-state index contributed by atoms with van der Waals surface area (Å²) in [5.74, 6) is 2.46. The second-order valence-corrected chi connectivity index (χ2v) is 6.07. The molecule has 0 heterocycles. The van der Waals surface area contributed by atoms with Crippen molar-refractivity contribution >= 4 is 0 Å². The van der Waals surface area contributed by atoms with Crippen LogP contribution in [-0.2, 0) is 4.74 Å². The molecule has 2 nitrogen and oxygen atoms in total. The topological polar surface area (TPSA) is 35.2 Å². The highest BCUT2D eigenvalue weighted by molar-refractivity contribution is 4.79. The van der Waals surface area contributed by atoms with Crippen molar-refractivity contribution in [1.29, 1.82) is 0 Å². The second-order valence-electron chi connectivity index (χ2n) is 6.07. The average molecular weight is 239 g/mol. The molecule has 0 saturated heterocycles. The van der Waals surface area contributed by atoms with Crippen LogP contribution in [0.25, 0.3) is 0 Å². The Hall–Kier alpha value is -0.0800. The molecule has 2 rings (SSSR count). The standard InChI is InChI=1S/C15H29NO/c1-2-12-6-8-15(9-7-12)17-11-14-5-3-4-13(14)10-16/h12-15H,2-11,16H2,1H3. The molecule has 2 aliphatic carbocycles. The Bertz CT molecular complexity index is 211. The molecule has 0 aromatic heterocycles. The molecular formula is C15H29NO. The molecule has 0 aliphatic heterocycles. The van der Waals surface area contributed by atoms with Crippen molar-refractivity contribution in [2.45, 2.75) is 64.4 Å². The van der Waals surface area contributed by atoms with Gasteiger partial charge < -0.3 is 10.5 Å². The molecule has 0 radical (unpaired) electrons. The van der Waals surface area contributed by atoms with E-state index in [1.54, 1.807) is 0 Å². The van der Waals surface area contributed by atoms with E-state index in [4.69, 9.17) is 10.5 Å². The van der Waals surface area contributed by atoms with E-state index in [0.29, 0.717) is 6.10 Å². The van der Waals surface area contributed by atoms with E-state index in [1.807, 2.05) is 0 Å². The van der Waals surface area contributed by atoms with Crippen molar-refractivity contribution in [2.24, 2.45) is 23.5 Å². The van der Waals surface area contributed by atoms with Crippen molar-refractivity contribution in [1.82, 2.24) is 0 Å². The van der Waals surface area contributed by atoms with Crippen molar-refractivity contribution in [3.63, 3.8) is 0 Å². The Morgan fingerprint density at radius 2 is 1.71 bits per heavy atom. The number of nitrogens with two attached hydrogens (primary N) is 1. The van der Waals surface area contributed by atoms with Gasteiger partial charge in [-0.25, -0.2) is 0 Å². The molecule has 2 saturated carbocycles. The molecule has 2 heteroatoms. The van der Waals surface area contributed by atoms with Crippen LogP contribution in [0.5, 0.6) is 0 Å². The molecule has 0 spiro atoms. The predicted molar refractivity (Wildman–Crippen MR) is 71.9 cm³/mol. The Kier molecular flexibility index (Phi) is 5.30. The SMILES string of the molecule is CCC1CCC(OCC2CCCC2CN)CC1. The minimum absolute atomic E-state index is 0.553. The third-order valence-corrected chi connectivity index (χ3v) is 5.04. The number of hydrogen-bond donors (Lipinski definition) is 1. The largest absolute Gasteiger partial charge is 0.378 e. The number of hydrogen-bond acceptors (Lipinski definition) is 2. The van der Waals surface area contributed by atoms with Gasteiger partial charge in [-0.2, -0.15) is 0 Å². The Morgan fingerprint density at radius 3 is 2.35 bits per heavy atom. The zero-order valence-electron chi connectivity index (χ0n) is 11.4. The summed E-state index contributed by atoms with van der Waals surface area (Å²) < 4.78 is 6.14. The van der Waals surface area contributed by atoms with Crippen LogP contribution in [0.4, 0.5) is 0 Å². The van der Waals surface area contributed by atoms with Crippen molar-refractivity contribution in [3.05, 3.63) is 0 Å². The Labute approximate surface area is 106 Å². The molecule has 2 unspecified atom stereocenters. The van der Waals surface area contributed by atoms with Crippen LogP contribution in [0.15, 0.2) is 0 Å². The maximum atomic E-state index is 6.14. The molecule has 2 fully saturated rings. The highest BCUT2D eigenvalue weighted by atomic mass is 16.5. The monoisotopic (exact) mass is 239 g/mol. The summed E-state index contributed by atoms with van der Waals surface area (Å²) in [6, 6.07) is 0. The van der Waals surface area contributed by atoms with Crippen molar-refractivity contribution < 1.29 is 4.74 Å². The van der Waals surface area contributed by atoms with Gasteiger partial charge in [0.2, 0.25) is 0 Å². The first-order valence-electron chi connectivity index (χ1n) is 7.65. The fraction of sp³-hybridized carbons (Fsp3) is 1.00. The van der Waals surface area contributed by atoms with Gasteiger partial charge in [0.25, 0.3) is 0 Å². The Balaban J connectivity index is 1.65. The van der Waals surface area contributed by atoms with E-state index in [2.05, 4.69) is 6.92 Å². The number of ether oxygens (including phenoxy) is 1. The van der Waals surface area contributed by atoms with Crippen LogP contribution in [0.3, 0.4) is 0 Å². The lowest BCUT2D eigenvalue weighted by Gasteiger charge is -2.29. The van der Waals surface area contributed by atoms with Crippen LogP contribution in [0.2, 0.25) is 0 Å². The van der Waals surface area contributed by atoms with Crippen LogP contribution in [0, 0.1) is 17.8 Å². The zero-order chi connectivity index (χ0) is 12.1. The molecule has 0 aromatic rings. The number of rotatable bonds is 5. The first-order chi connectivity index (χ1) is 8.33. The minimum atomic E-state index is 0.553. The molecule has 2 atom stereocenters. The summed E-state index contributed by atoms with van der Waals surface area (Å²) in [5, 5.41) is 0. The summed E-state index contributed by atoms with van der Waals surface area (Å²) in [5.41, 5.74) is 5.81. The third-order valence-electron chi connectivity index (χ3n) is 5.04. The van der Waals surface area contributed by atoms with Crippen molar-refractivity contribution in [2.75, 3.05) is 13.2 Å². The van der Waals surface area contributed by atoms with E-state index in [0.717, 1.165) is 30.9 Å². The van der Waals surface area contributed by atoms with E-state index >= 15 is 0 Å². The van der Waals surface area contributed by atoms with Gasteiger partial charge in [0.15, 0.2) is 0 Å².